The molecule has 0 saturated heterocycles. The van der Waals surface area contributed by atoms with Crippen LogP contribution in [0.3, 0.4) is 0 Å². The van der Waals surface area contributed by atoms with Crippen LogP contribution in [0, 0.1) is 0 Å². The number of nitrogens with zero attached hydrogens (tertiary/aromatic N) is 4. The highest BCUT2D eigenvalue weighted by Crippen LogP contribution is 2.05. The number of aromatic nitrogens is 3. The van der Waals surface area contributed by atoms with Crippen LogP contribution in [0.2, 0.25) is 0 Å². The number of amides is 1. The SMILES string of the molecule is CCN(CC)CC(=O)NCc1cn(-c2ccccc2)nn1. The van der Waals surface area contributed by atoms with E-state index in [1.165, 1.54) is 0 Å². The van der Waals surface area contributed by atoms with Gasteiger partial charge in [-0.25, -0.2) is 4.68 Å². The Morgan fingerprint density at radius 1 is 1.24 bits per heavy atom. The number of rotatable bonds is 7. The van der Waals surface area contributed by atoms with Gasteiger partial charge in [-0.1, -0.05) is 37.3 Å². The van der Waals surface area contributed by atoms with Crippen molar-refractivity contribution in [2.24, 2.45) is 0 Å². The summed E-state index contributed by atoms with van der Waals surface area (Å²) in [4.78, 5) is 13.9. The molecule has 0 spiro atoms. The van der Waals surface area contributed by atoms with Crippen molar-refractivity contribution in [2.75, 3.05) is 19.6 Å². The van der Waals surface area contributed by atoms with E-state index in [0.29, 0.717) is 13.1 Å². The van der Waals surface area contributed by atoms with E-state index in [0.717, 1.165) is 24.5 Å². The molecule has 0 aliphatic carbocycles. The lowest BCUT2D eigenvalue weighted by molar-refractivity contribution is -0.122. The molecule has 2 rings (SSSR count). The summed E-state index contributed by atoms with van der Waals surface area (Å²) in [7, 11) is 0. The first kappa shape index (κ1) is 15.2. The van der Waals surface area contributed by atoms with Crippen molar-refractivity contribution in [2.45, 2.75) is 20.4 Å². The minimum absolute atomic E-state index is 0.00737. The molecule has 0 unspecified atom stereocenters. The third-order valence-electron chi connectivity index (χ3n) is 3.29. The quantitative estimate of drug-likeness (QED) is 0.832. The second-order valence-corrected chi connectivity index (χ2v) is 4.73. The Kier molecular flexibility index (Phi) is 5.45. The molecule has 112 valence electrons. The van der Waals surface area contributed by atoms with Crippen LogP contribution in [0.5, 0.6) is 0 Å². The van der Waals surface area contributed by atoms with E-state index in [-0.39, 0.29) is 5.91 Å². The van der Waals surface area contributed by atoms with Gasteiger partial charge in [-0.05, 0) is 25.2 Å². The van der Waals surface area contributed by atoms with Gasteiger partial charge in [-0.3, -0.25) is 9.69 Å². The van der Waals surface area contributed by atoms with E-state index in [4.69, 9.17) is 0 Å². The van der Waals surface area contributed by atoms with Crippen molar-refractivity contribution in [3.8, 4) is 5.69 Å². The molecule has 0 radical (unpaired) electrons. The van der Waals surface area contributed by atoms with Crippen LogP contribution < -0.4 is 5.32 Å². The molecule has 1 aromatic carbocycles. The second kappa shape index (κ2) is 7.54. The van der Waals surface area contributed by atoms with Crippen LogP contribution in [-0.2, 0) is 11.3 Å². The molecular formula is C15H21N5O. The Morgan fingerprint density at radius 2 is 1.95 bits per heavy atom. The highest BCUT2D eigenvalue weighted by Gasteiger charge is 2.08. The monoisotopic (exact) mass is 287 g/mol. The van der Waals surface area contributed by atoms with Crippen LogP contribution in [0.4, 0.5) is 0 Å². The highest BCUT2D eigenvalue weighted by molar-refractivity contribution is 5.77. The van der Waals surface area contributed by atoms with Crippen molar-refractivity contribution in [3.63, 3.8) is 0 Å². The molecule has 0 atom stereocenters. The Morgan fingerprint density at radius 3 is 2.62 bits per heavy atom. The van der Waals surface area contributed by atoms with E-state index in [9.17, 15) is 4.79 Å². The third-order valence-corrected chi connectivity index (χ3v) is 3.29. The number of carbonyl (C=O) groups excluding carboxylic acids is 1. The summed E-state index contributed by atoms with van der Waals surface area (Å²) in [6.45, 7) is 6.64. The number of hydrogen-bond donors (Lipinski definition) is 1. The Labute approximate surface area is 124 Å². The smallest absolute Gasteiger partial charge is 0.234 e. The summed E-state index contributed by atoms with van der Waals surface area (Å²) in [5.74, 6) is 0.00737. The molecule has 2 aromatic rings. The van der Waals surface area contributed by atoms with E-state index in [1.54, 1.807) is 4.68 Å². The fraction of sp³-hybridized carbons (Fsp3) is 0.400. The first-order valence-electron chi connectivity index (χ1n) is 7.18. The highest BCUT2D eigenvalue weighted by atomic mass is 16.2. The van der Waals surface area contributed by atoms with Crippen LogP contribution in [-0.4, -0.2) is 45.4 Å². The lowest BCUT2D eigenvalue weighted by atomic mass is 10.3. The molecule has 1 aromatic heterocycles. The van der Waals surface area contributed by atoms with Crippen LogP contribution in [0.1, 0.15) is 19.5 Å². The minimum atomic E-state index is 0.00737. The zero-order valence-electron chi connectivity index (χ0n) is 12.5. The zero-order valence-corrected chi connectivity index (χ0v) is 12.5. The van der Waals surface area contributed by atoms with Crippen molar-refractivity contribution < 1.29 is 4.79 Å². The fourth-order valence-corrected chi connectivity index (χ4v) is 1.98. The molecule has 0 aliphatic heterocycles. The maximum Gasteiger partial charge on any atom is 0.234 e. The normalized spacial score (nSPS) is 10.8. The Hall–Kier alpha value is -2.21. The Bertz CT molecular complexity index is 562. The summed E-state index contributed by atoms with van der Waals surface area (Å²) in [6, 6.07) is 9.76. The van der Waals surface area contributed by atoms with Crippen molar-refractivity contribution >= 4 is 5.91 Å². The number of para-hydroxylation sites is 1. The topological polar surface area (TPSA) is 63.1 Å². The molecule has 6 nitrogen and oxygen atoms in total. The fourth-order valence-electron chi connectivity index (χ4n) is 1.98. The molecular weight excluding hydrogens is 266 g/mol. The summed E-state index contributed by atoms with van der Waals surface area (Å²) >= 11 is 0. The molecule has 1 heterocycles. The molecule has 0 fully saturated rings. The molecule has 0 aliphatic rings. The average Bonchev–Trinajstić information content (AvgIpc) is 3.00. The molecule has 6 heteroatoms. The second-order valence-electron chi connectivity index (χ2n) is 4.73. The average molecular weight is 287 g/mol. The number of hydrogen-bond acceptors (Lipinski definition) is 4. The maximum absolute atomic E-state index is 11.8. The first-order chi connectivity index (χ1) is 10.2. The maximum atomic E-state index is 11.8. The van der Waals surface area contributed by atoms with E-state index in [2.05, 4.69) is 20.5 Å². The van der Waals surface area contributed by atoms with Gasteiger partial charge in [0.1, 0.15) is 5.69 Å². The predicted octanol–water partition coefficient (Wildman–Crippen LogP) is 1.23. The van der Waals surface area contributed by atoms with E-state index < -0.39 is 0 Å². The summed E-state index contributed by atoms with van der Waals surface area (Å²) in [6.07, 6.45) is 1.83. The molecule has 21 heavy (non-hydrogen) atoms. The lowest BCUT2D eigenvalue weighted by Gasteiger charge is -2.16. The minimum Gasteiger partial charge on any atom is -0.349 e. The van der Waals surface area contributed by atoms with Gasteiger partial charge in [0, 0.05) is 0 Å². The summed E-state index contributed by atoms with van der Waals surface area (Å²) < 4.78 is 1.70. The third kappa shape index (κ3) is 4.39. The largest absolute Gasteiger partial charge is 0.349 e. The van der Waals surface area contributed by atoms with E-state index in [1.807, 2.05) is 50.4 Å². The van der Waals surface area contributed by atoms with Gasteiger partial charge >= 0.3 is 0 Å². The van der Waals surface area contributed by atoms with Gasteiger partial charge in [0.2, 0.25) is 5.91 Å². The lowest BCUT2D eigenvalue weighted by Crippen LogP contribution is -2.36. The number of carbonyl (C=O) groups is 1. The van der Waals surface area contributed by atoms with Crippen LogP contribution in [0.25, 0.3) is 5.69 Å². The van der Waals surface area contributed by atoms with Gasteiger partial charge in [-0.15, -0.1) is 5.10 Å². The van der Waals surface area contributed by atoms with Crippen molar-refractivity contribution in [3.05, 3.63) is 42.2 Å². The summed E-state index contributed by atoms with van der Waals surface area (Å²) in [5.41, 5.74) is 1.69. The predicted molar refractivity (Wildman–Crippen MR) is 81.0 cm³/mol. The van der Waals surface area contributed by atoms with Crippen LogP contribution >= 0.6 is 0 Å². The first-order valence-corrected chi connectivity index (χ1v) is 7.18. The molecule has 0 saturated carbocycles. The molecule has 1 amide bonds. The van der Waals surface area contributed by atoms with Gasteiger partial charge in [-0.2, -0.15) is 0 Å². The van der Waals surface area contributed by atoms with Gasteiger partial charge in [0.25, 0.3) is 0 Å². The standard InChI is InChI=1S/C15H21N5O/c1-3-19(4-2)12-15(21)16-10-13-11-20(18-17-13)14-8-6-5-7-9-14/h5-9,11H,3-4,10,12H2,1-2H3,(H,16,21). The van der Waals surface area contributed by atoms with Gasteiger partial charge < -0.3 is 5.32 Å². The Balaban J connectivity index is 1.87. The van der Waals surface area contributed by atoms with Crippen LogP contribution in [0.15, 0.2) is 36.5 Å². The number of nitrogens with one attached hydrogen (secondary N) is 1. The van der Waals surface area contributed by atoms with Gasteiger partial charge in [0.05, 0.1) is 25.0 Å². The zero-order chi connectivity index (χ0) is 15.1. The molecule has 1 N–H and O–H groups in total. The number of benzene rings is 1. The number of likely N-dealkylation sites (N-methyl/N-ethyl adjacent to an activating group) is 1. The van der Waals surface area contributed by atoms with Gasteiger partial charge in [0.15, 0.2) is 0 Å². The summed E-state index contributed by atoms with van der Waals surface area (Å²) in [5, 5.41) is 11.0. The molecule has 0 bridgehead atoms. The van der Waals surface area contributed by atoms with E-state index >= 15 is 0 Å². The van der Waals surface area contributed by atoms with Crippen molar-refractivity contribution in [1.82, 2.24) is 25.2 Å². The van der Waals surface area contributed by atoms with Crippen molar-refractivity contribution in [1.29, 1.82) is 0 Å².